The quantitative estimate of drug-likeness (QED) is 0.342. The van der Waals surface area contributed by atoms with Crippen LogP contribution in [0.25, 0.3) is 16.9 Å². The first-order valence-electron chi connectivity index (χ1n) is 9.93. The Balaban J connectivity index is 2.22. The van der Waals surface area contributed by atoms with Gasteiger partial charge in [0.2, 0.25) is 0 Å². The molecule has 0 saturated heterocycles. The zero-order valence-corrected chi connectivity index (χ0v) is 19.1. The van der Waals surface area contributed by atoms with Crippen molar-refractivity contribution in [1.29, 1.82) is 0 Å². The van der Waals surface area contributed by atoms with Crippen LogP contribution in [0, 0.1) is 22.9 Å². The fourth-order valence-corrected chi connectivity index (χ4v) is 4.34. The highest BCUT2D eigenvalue weighted by Crippen LogP contribution is 2.36. The van der Waals surface area contributed by atoms with Crippen molar-refractivity contribution in [2.24, 2.45) is 5.73 Å². The topological polar surface area (TPSA) is 155 Å². The van der Waals surface area contributed by atoms with Crippen LogP contribution in [0.1, 0.15) is 17.7 Å². The smallest absolute Gasteiger partial charge is 0.328 e. The van der Waals surface area contributed by atoms with E-state index in [1.54, 1.807) is 23.6 Å². The summed E-state index contributed by atoms with van der Waals surface area (Å²) in [5.74, 6) is -1.89. The first-order chi connectivity index (χ1) is 15.8. The molecule has 12 heteroatoms. The van der Waals surface area contributed by atoms with Crippen LogP contribution in [0.3, 0.4) is 0 Å². The number of hydrogen-bond donors (Lipinski definition) is 2. The average molecular weight is 491 g/mol. The molecule has 0 aliphatic rings. The van der Waals surface area contributed by atoms with E-state index in [-0.39, 0.29) is 10.5 Å². The summed E-state index contributed by atoms with van der Waals surface area (Å²) in [6, 6.07) is 12.9. The van der Waals surface area contributed by atoms with E-state index in [9.17, 15) is 32.8 Å². The maximum atomic E-state index is 13.6. The maximum Gasteiger partial charge on any atom is 0.328 e. The van der Waals surface area contributed by atoms with Gasteiger partial charge in [-0.2, -0.15) is 0 Å². The number of carboxylic acid groups (broad SMARTS) is 1. The molecule has 2 aromatic carbocycles. The second-order valence-corrected chi connectivity index (χ2v) is 9.74. The summed E-state index contributed by atoms with van der Waals surface area (Å²) >= 11 is 0. The third-order valence-electron chi connectivity index (χ3n) is 5.47. The van der Waals surface area contributed by atoms with Gasteiger partial charge in [0, 0.05) is 29.6 Å². The molecule has 0 bridgehead atoms. The van der Waals surface area contributed by atoms with Crippen LogP contribution in [0.5, 0.6) is 0 Å². The molecule has 0 unspecified atom stereocenters. The fraction of sp³-hybridized carbons (Fsp3) is 0.227. The van der Waals surface area contributed by atoms with Gasteiger partial charge in [0.15, 0.2) is 9.84 Å². The highest BCUT2D eigenvalue weighted by molar-refractivity contribution is 7.90. The molecule has 3 aromatic rings. The molecule has 10 nitrogen and oxygen atoms in total. The van der Waals surface area contributed by atoms with E-state index in [1.165, 1.54) is 42.5 Å². The lowest BCUT2D eigenvalue weighted by molar-refractivity contribution is -0.758. The standard InChI is InChI=1S/C22H22FN3O7S/c1-14-19(22(24,21(27)28)11-12-33-26(29)30)13-20(25(14)17-7-5-16(23)6-8-17)15-3-9-18(10-4-15)34(2,31)32/h3-10,13H,11-12,24H2,1-2H3,(H,27,28)/t22-/m1/s1. The Kier molecular flexibility index (Phi) is 6.75. The largest absolute Gasteiger partial charge is 0.480 e. The van der Waals surface area contributed by atoms with Gasteiger partial charge in [-0.1, -0.05) is 12.1 Å². The van der Waals surface area contributed by atoms with E-state index >= 15 is 0 Å². The van der Waals surface area contributed by atoms with E-state index in [2.05, 4.69) is 4.84 Å². The molecule has 0 fully saturated rings. The highest BCUT2D eigenvalue weighted by Gasteiger charge is 2.39. The van der Waals surface area contributed by atoms with Gasteiger partial charge in [-0.15, -0.1) is 10.1 Å². The van der Waals surface area contributed by atoms with Crippen LogP contribution >= 0.6 is 0 Å². The number of aromatic nitrogens is 1. The molecular weight excluding hydrogens is 469 g/mol. The maximum absolute atomic E-state index is 13.6. The molecule has 0 aliphatic carbocycles. The summed E-state index contributed by atoms with van der Waals surface area (Å²) < 4.78 is 38.9. The number of benzene rings is 2. The van der Waals surface area contributed by atoms with E-state index in [4.69, 9.17) is 5.73 Å². The average Bonchev–Trinajstić information content (AvgIpc) is 3.11. The predicted molar refractivity (Wildman–Crippen MR) is 120 cm³/mol. The molecule has 1 heterocycles. The normalized spacial score (nSPS) is 13.3. The molecule has 0 amide bonds. The van der Waals surface area contributed by atoms with Crippen molar-refractivity contribution in [1.82, 2.24) is 4.57 Å². The highest BCUT2D eigenvalue weighted by atomic mass is 32.2. The van der Waals surface area contributed by atoms with Crippen LogP contribution < -0.4 is 5.73 Å². The lowest BCUT2D eigenvalue weighted by atomic mass is 9.87. The van der Waals surface area contributed by atoms with E-state index in [1.807, 2.05) is 0 Å². The first kappa shape index (κ1) is 24.9. The van der Waals surface area contributed by atoms with E-state index in [0.29, 0.717) is 22.6 Å². The van der Waals surface area contributed by atoms with Gasteiger partial charge in [0.05, 0.1) is 17.2 Å². The lowest BCUT2D eigenvalue weighted by Crippen LogP contribution is -2.46. The van der Waals surface area contributed by atoms with Gasteiger partial charge in [-0.3, -0.25) is 0 Å². The number of nitrogens with two attached hydrogens (primary N) is 1. The zero-order chi connectivity index (χ0) is 25.3. The van der Waals surface area contributed by atoms with Gasteiger partial charge in [0.25, 0.3) is 5.09 Å². The van der Waals surface area contributed by atoms with Crippen molar-refractivity contribution in [2.75, 3.05) is 12.9 Å². The lowest BCUT2D eigenvalue weighted by Gasteiger charge is -2.25. The molecule has 34 heavy (non-hydrogen) atoms. The van der Waals surface area contributed by atoms with Crippen molar-refractivity contribution in [2.45, 2.75) is 23.8 Å². The number of carboxylic acids is 1. The fourth-order valence-electron chi connectivity index (χ4n) is 3.70. The molecule has 3 rings (SSSR count). The van der Waals surface area contributed by atoms with Crippen molar-refractivity contribution in [3.8, 4) is 16.9 Å². The second-order valence-electron chi connectivity index (χ2n) is 7.72. The third kappa shape index (κ3) is 4.92. The molecule has 1 atom stereocenters. The Morgan fingerprint density at radius 2 is 1.79 bits per heavy atom. The number of hydrogen-bond acceptors (Lipinski definition) is 7. The summed E-state index contributed by atoms with van der Waals surface area (Å²) in [7, 11) is -3.44. The monoisotopic (exact) mass is 491 g/mol. The Bertz CT molecular complexity index is 1340. The number of rotatable bonds is 9. The molecule has 180 valence electrons. The van der Waals surface area contributed by atoms with Gasteiger partial charge < -0.3 is 20.2 Å². The molecule has 0 radical (unpaired) electrons. The van der Waals surface area contributed by atoms with Crippen LogP contribution in [-0.2, 0) is 25.0 Å². The number of carbonyl (C=O) groups is 1. The van der Waals surface area contributed by atoms with E-state index in [0.717, 1.165) is 6.26 Å². The molecule has 0 aliphatic heterocycles. The SMILES string of the molecule is Cc1c([C@](N)(CCO[N+](=O)[O-])C(=O)O)cc(-c2ccc(S(C)(=O)=O)cc2)n1-c1ccc(F)cc1. The molecule has 0 saturated carbocycles. The number of nitrogens with zero attached hydrogens (tertiary/aromatic N) is 2. The Morgan fingerprint density at radius 3 is 2.29 bits per heavy atom. The van der Waals surface area contributed by atoms with Crippen molar-refractivity contribution in [3.05, 3.63) is 81.8 Å². The number of halogens is 1. The Hall–Kier alpha value is -3.77. The third-order valence-corrected chi connectivity index (χ3v) is 6.59. The van der Waals surface area contributed by atoms with Crippen molar-refractivity contribution >= 4 is 15.8 Å². The molecule has 0 spiro atoms. The summed E-state index contributed by atoms with van der Waals surface area (Å²) in [5.41, 5.74) is 6.28. The van der Waals surface area contributed by atoms with Crippen LogP contribution in [-0.4, -0.2) is 42.0 Å². The van der Waals surface area contributed by atoms with Crippen molar-refractivity contribution in [3.63, 3.8) is 0 Å². The van der Waals surface area contributed by atoms with Gasteiger partial charge >= 0.3 is 5.97 Å². The minimum atomic E-state index is -3.44. The van der Waals surface area contributed by atoms with Gasteiger partial charge in [-0.05, 0) is 55.0 Å². The van der Waals surface area contributed by atoms with Crippen LogP contribution in [0.4, 0.5) is 4.39 Å². The van der Waals surface area contributed by atoms with Crippen LogP contribution in [0.15, 0.2) is 59.5 Å². The first-order valence-corrected chi connectivity index (χ1v) is 11.8. The Labute approximate surface area is 194 Å². The Morgan fingerprint density at radius 1 is 1.21 bits per heavy atom. The second kappa shape index (κ2) is 9.23. The zero-order valence-electron chi connectivity index (χ0n) is 18.3. The minimum absolute atomic E-state index is 0.101. The van der Waals surface area contributed by atoms with Gasteiger partial charge in [-0.25, -0.2) is 17.6 Å². The summed E-state index contributed by atoms with van der Waals surface area (Å²) in [5, 5.41) is 19.4. The minimum Gasteiger partial charge on any atom is -0.480 e. The number of sulfone groups is 1. The van der Waals surface area contributed by atoms with Crippen LogP contribution in [0.2, 0.25) is 0 Å². The summed E-state index contributed by atoms with van der Waals surface area (Å²) in [6.45, 7) is 1.07. The van der Waals surface area contributed by atoms with Crippen molar-refractivity contribution < 1.29 is 32.6 Å². The molecular formula is C22H22FN3O7S. The van der Waals surface area contributed by atoms with E-state index < -0.39 is 45.3 Å². The predicted octanol–water partition coefficient (Wildman–Crippen LogP) is 2.83. The molecule has 1 aromatic heterocycles. The summed E-state index contributed by atoms with van der Waals surface area (Å²) in [4.78, 5) is 27.1. The van der Waals surface area contributed by atoms with Gasteiger partial charge in [0.1, 0.15) is 11.4 Å². The summed E-state index contributed by atoms with van der Waals surface area (Å²) in [6.07, 6.45) is 0.679. The number of aliphatic carboxylic acids is 1. The molecule has 3 N–H and O–H groups in total.